The second-order valence-corrected chi connectivity index (χ2v) is 3.81. The smallest absolute Gasteiger partial charge is 0.215 e. The van der Waals surface area contributed by atoms with E-state index in [1.807, 2.05) is 0 Å². The van der Waals surface area contributed by atoms with E-state index in [4.69, 9.17) is 11.6 Å². The quantitative estimate of drug-likeness (QED) is 0.686. The molecule has 82 valence electrons. The average molecular weight is 240 g/mol. The predicted molar refractivity (Wildman–Crippen MR) is 59.3 cm³/mol. The van der Waals surface area contributed by atoms with Crippen LogP contribution >= 0.6 is 11.6 Å². The minimum atomic E-state index is -0.531. The molecule has 0 aliphatic heterocycles. The Bertz CT molecular complexity index is 541. The Balaban J connectivity index is 2.59. The minimum Gasteiger partial charge on any atom is -0.227 e. The molecule has 1 nitrogen and oxygen atoms in total. The standard InChI is InChI=1S/C12H8ClF2N/c1-7-5-8(6-16-12(7)15)9-3-2-4-10(14)11(9)13/h2-6H,1H3. The lowest BCUT2D eigenvalue weighted by molar-refractivity contribution is 0.575. The fraction of sp³-hybridized carbons (Fsp3) is 0.0833. The van der Waals surface area contributed by atoms with E-state index >= 15 is 0 Å². The third kappa shape index (κ3) is 1.91. The number of hydrogen-bond acceptors (Lipinski definition) is 1. The summed E-state index contributed by atoms with van der Waals surface area (Å²) in [6, 6.07) is 6.08. The van der Waals surface area contributed by atoms with Crippen molar-refractivity contribution in [1.29, 1.82) is 0 Å². The van der Waals surface area contributed by atoms with Crippen molar-refractivity contribution < 1.29 is 8.78 Å². The summed E-state index contributed by atoms with van der Waals surface area (Å²) < 4.78 is 26.2. The lowest BCUT2D eigenvalue weighted by atomic mass is 10.1. The zero-order valence-electron chi connectivity index (χ0n) is 8.47. The van der Waals surface area contributed by atoms with Crippen LogP contribution in [0.1, 0.15) is 5.56 Å². The molecule has 0 spiro atoms. The van der Waals surface area contributed by atoms with Gasteiger partial charge in [0, 0.05) is 22.9 Å². The number of aromatic nitrogens is 1. The summed E-state index contributed by atoms with van der Waals surface area (Å²) in [4.78, 5) is 3.58. The van der Waals surface area contributed by atoms with Crippen LogP contribution in [0.15, 0.2) is 30.5 Å². The third-order valence-corrected chi connectivity index (χ3v) is 2.66. The maximum Gasteiger partial charge on any atom is 0.215 e. The molecule has 0 unspecified atom stereocenters. The van der Waals surface area contributed by atoms with Crippen molar-refractivity contribution in [3.05, 3.63) is 52.8 Å². The van der Waals surface area contributed by atoms with Crippen LogP contribution in [0.25, 0.3) is 11.1 Å². The number of hydrogen-bond donors (Lipinski definition) is 0. The number of benzene rings is 1. The van der Waals surface area contributed by atoms with Gasteiger partial charge in [-0.3, -0.25) is 0 Å². The van der Waals surface area contributed by atoms with E-state index in [1.165, 1.54) is 12.3 Å². The molecule has 2 rings (SSSR count). The molecule has 0 atom stereocenters. The second-order valence-electron chi connectivity index (χ2n) is 3.43. The molecule has 0 saturated heterocycles. The Kier molecular flexibility index (Phi) is 2.88. The van der Waals surface area contributed by atoms with Crippen molar-refractivity contribution >= 4 is 11.6 Å². The molecule has 0 radical (unpaired) electrons. The maximum absolute atomic E-state index is 13.2. The van der Waals surface area contributed by atoms with Crippen molar-refractivity contribution in [3.63, 3.8) is 0 Å². The van der Waals surface area contributed by atoms with E-state index in [-0.39, 0.29) is 5.02 Å². The topological polar surface area (TPSA) is 12.9 Å². The molecule has 2 aromatic rings. The highest BCUT2D eigenvalue weighted by molar-refractivity contribution is 6.33. The Hall–Kier alpha value is -1.48. The molecule has 0 saturated carbocycles. The summed E-state index contributed by atoms with van der Waals surface area (Å²) in [5.74, 6) is -1.03. The van der Waals surface area contributed by atoms with Gasteiger partial charge in [0.15, 0.2) is 0 Å². The first-order valence-corrected chi connectivity index (χ1v) is 5.04. The minimum absolute atomic E-state index is 0.0234. The Morgan fingerprint density at radius 3 is 2.69 bits per heavy atom. The molecule has 0 aliphatic rings. The first-order valence-electron chi connectivity index (χ1n) is 4.66. The zero-order valence-corrected chi connectivity index (χ0v) is 9.22. The predicted octanol–water partition coefficient (Wildman–Crippen LogP) is 3.99. The van der Waals surface area contributed by atoms with Gasteiger partial charge in [-0.2, -0.15) is 4.39 Å². The highest BCUT2D eigenvalue weighted by Crippen LogP contribution is 2.29. The van der Waals surface area contributed by atoms with Crippen LogP contribution in [0.4, 0.5) is 8.78 Å². The number of aryl methyl sites for hydroxylation is 1. The van der Waals surface area contributed by atoms with Crippen LogP contribution in [-0.4, -0.2) is 4.98 Å². The van der Waals surface area contributed by atoms with Crippen LogP contribution in [0.5, 0.6) is 0 Å². The highest BCUT2D eigenvalue weighted by Gasteiger charge is 2.09. The zero-order chi connectivity index (χ0) is 11.7. The third-order valence-electron chi connectivity index (χ3n) is 2.28. The van der Waals surface area contributed by atoms with Crippen LogP contribution in [-0.2, 0) is 0 Å². The van der Waals surface area contributed by atoms with Crippen molar-refractivity contribution in [1.82, 2.24) is 4.98 Å². The molecular weight excluding hydrogens is 232 g/mol. The van der Waals surface area contributed by atoms with Crippen molar-refractivity contribution in [2.45, 2.75) is 6.92 Å². The molecular formula is C12H8ClF2N. The van der Waals surface area contributed by atoms with Crippen LogP contribution in [0.2, 0.25) is 5.02 Å². The average Bonchev–Trinajstić information content (AvgIpc) is 2.26. The maximum atomic E-state index is 13.2. The summed E-state index contributed by atoms with van der Waals surface area (Å²) in [5, 5.41) is 0.0234. The molecule has 0 N–H and O–H groups in total. The van der Waals surface area contributed by atoms with Gasteiger partial charge in [0.05, 0.1) is 5.02 Å². The molecule has 0 amide bonds. The lowest BCUT2D eigenvalue weighted by Gasteiger charge is -2.05. The van der Waals surface area contributed by atoms with Crippen molar-refractivity contribution in [2.75, 3.05) is 0 Å². The van der Waals surface area contributed by atoms with Crippen molar-refractivity contribution in [2.24, 2.45) is 0 Å². The Morgan fingerprint density at radius 1 is 1.25 bits per heavy atom. The fourth-order valence-corrected chi connectivity index (χ4v) is 1.67. The molecule has 1 heterocycles. The van der Waals surface area contributed by atoms with Gasteiger partial charge in [0.25, 0.3) is 0 Å². The van der Waals surface area contributed by atoms with Crippen LogP contribution < -0.4 is 0 Å². The van der Waals surface area contributed by atoms with Gasteiger partial charge in [-0.1, -0.05) is 23.7 Å². The Labute approximate surface area is 96.7 Å². The molecule has 1 aromatic carbocycles. The Morgan fingerprint density at radius 2 is 2.00 bits per heavy atom. The fourth-order valence-electron chi connectivity index (χ4n) is 1.43. The molecule has 16 heavy (non-hydrogen) atoms. The summed E-state index contributed by atoms with van der Waals surface area (Å²) >= 11 is 5.82. The van der Waals surface area contributed by atoms with Gasteiger partial charge in [0.1, 0.15) is 5.82 Å². The molecule has 0 bridgehead atoms. The molecule has 0 aliphatic carbocycles. The molecule has 4 heteroatoms. The summed E-state index contributed by atoms with van der Waals surface area (Å²) in [5.41, 5.74) is 1.51. The lowest BCUT2D eigenvalue weighted by Crippen LogP contribution is -1.90. The van der Waals surface area contributed by atoms with Crippen LogP contribution in [0.3, 0.4) is 0 Å². The number of rotatable bonds is 1. The number of pyridine rings is 1. The number of halogens is 3. The highest BCUT2D eigenvalue weighted by atomic mass is 35.5. The molecule has 0 fully saturated rings. The largest absolute Gasteiger partial charge is 0.227 e. The normalized spacial score (nSPS) is 10.5. The van der Waals surface area contributed by atoms with E-state index in [2.05, 4.69) is 4.98 Å². The summed E-state index contributed by atoms with van der Waals surface area (Å²) in [7, 11) is 0. The van der Waals surface area contributed by atoms with E-state index in [0.29, 0.717) is 16.7 Å². The SMILES string of the molecule is Cc1cc(-c2cccc(F)c2Cl)cnc1F. The first-order chi connectivity index (χ1) is 7.59. The monoisotopic (exact) mass is 239 g/mol. The van der Waals surface area contributed by atoms with Gasteiger partial charge in [0.2, 0.25) is 5.95 Å². The van der Waals surface area contributed by atoms with Crippen molar-refractivity contribution in [3.8, 4) is 11.1 Å². The van der Waals surface area contributed by atoms with E-state index < -0.39 is 11.8 Å². The van der Waals surface area contributed by atoms with Gasteiger partial charge in [-0.05, 0) is 19.1 Å². The van der Waals surface area contributed by atoms with Gasteiger partial charge in [-0.25, -0.2) is 9.37 Å². The van der Waals surface area contributed by atoms with Crippen LogP contribution in [0, 0.1) is 18.7 Å². The summed E-state index contributed by atoms with van der Waals surface area (Å²) in [6.07, 6.45) is 1.34. The van der Waals surface area contributed by atoms with Gasteiger partial charge >= 0.3 is 0 Å². The second kappa shape index (κ2) is 4.18. The number of nitrogens with zero attached hydrogens (tertiary/aromatic N) is 1. The first kappa shape index (κ1) is 11.0. The van der Waals surface area contributed by atoms with E-state index in [0.717, 1.165) is 0 Å². The van der Waals surface area contributed by atoms with Gasteiger partial charge in [-0.15, -0.1) is 0 Å². The molecule has 1 aromatic heterocycles. The van der Waals surface area contributed by atoms with Gasteiger partial charge < -0.3 is 0 Å². The summed E-state index contributed by atoms with van der Waals surface area (Å²) in [6.45, 7) is 1.60. The van der Waals surface area contributed by atoms with E-state index in [1.54, 1.807) is 25.1 Å². The van der Waals surface area contributed by atoms with E-state index in [9.17, 15) is 8.78 Å².